The van der Waals surface area contributed by atoms with Gasteiger partial charge in [0.15, 0.2) is 5.75 Å². The van der Waals surface area contributed by atoms with Crippen molar-refractivity contribution in [3.05, 3.63) is 50.6 Å². The molecule has 0 saturated heterocycles. The van der Waals surface area contributed by atoms with Crippen molar-refractivity contribution >= 4 is 34.6 Å². The van der Waals surface area contributed by atoms with E-state index in [0.717, 1.165) is 0 Å². The molecule has 21 heavy (non-hydrogen) atoms. The Labute approximate surface area is 131 Å². The molecule has 0 aromatic heterocycles. The fourth-order valence-electron chi connectivity index (χ4n) is 2.93. The standard InChI is InChI=1S/C15H13Cl2NO3/c1-15(2)8-5-7(19)3-4-10(8)18(21)11-6-9(16)14(20)13(17)12(11)15/h3-6,18-20H,1-2H3. The number of hydrogen-bond acceptors (Lipinski definition) is 3. The smallest absolute Gasteiger partial charge is 0.153 e. The van der Waals surface area contributed by atoms with Gasteiger partial charge in [-0.2, -0.15) is 0 Å². The van der Waals surface area contributed by atoms with Gasteiger partial charge in [-0.3, -0.25) is 0 Å². The van der Waals surface area contributed by atoms with Crippen molar-refractivity contribution in [3.63, 3.8) is 0 Å². The highest BCUT2D eigenvalue weighted by molar-refractivity contribution is 6.38. The average Bonchev–Trinajstić information content (AvgIpc) is 2.42. The van der Waals surface area contributed by atoms with E-state index in [2.05, 4.69) is 0 Å². The van der Waals surface area contributed by atoms with Gasteiger partial charge in [0.1, 0.15) is 17.1 Å². The number of fused-ring (bicyclic) bond motifs is 2. The molecule has 1 heterocycles. The molecule has 2 aromatic carbocycles. The summed E-state index contributed by atoms with van der Waals surface area (Å²) in [6, 6.07) is 6.06. The lowest BCUT2D eigenvalue weighted by atomic mass is 9.74. The second-order valence-corrected chi connectivity index (χ2v) is 6.41. The third-order valence-corrected chi connectivity index (χ3v) is 4.64. The molecule has 6 heteroatoms. The molecule has 1 aliphatic rings. The van der Waals surface area contributed by atoms with Crippen LogP contribution in [-0.4, -0.2) is 10.2 Å². The molecule has 0 fully saturated rings. The number of phenolic OH excluding ortho intramolecular Hbond substituents is 2. The molecule has 3 N–H and O–H groups in total. The minimum absolute atomic E-state index is 0.0464. The predicted octanol–water partition coefficient (Wildman–Crippen LogP) is 3.39. The maximum atomic E-state index is 12.6. The molecule has 0 bridgehead atoms. The van der Waals surface area contributed by atoms with Crippen molar-refractivity contribution in [2.45, 2.75) is 19.3 Å². The highest BCUT2D eigenvalue weighted by Crippen LogP contribution is 2.50. The third-order valence-electron chi connectivity index (χ3n) is 3.98. The SMILES string of the molecule is CC1(C)c2cc(O)ccc2[NH+]([O-])c2cc(Cl)c(O)c(Cl)c21. The van der Waals surface area contributed by atoms with Gasteiger partial charge in [0.2, 0.25) is 0 Å². The van der Waals surface area contributed by atoms with E-state index in [1.54, 1.807) is 12.1 Å². The molecule has 0 aliphatic carbocycles. The van der Waals surface area contributed by atoms with Crippen LogP contribution in [0.15, 0.2) is 24.3 Å². The van der Waals surface area contributed by atoms with Gasteiger partial charge in [-0.05, 0) is 12.1 Å². The maximum absolute atomic E-state index is 12.6. The van der Waals surface area contributed by atoms with Crippen LogP contribution in [0.4, 0.5) is 11.4 Å². The zero-order chi connectivity index (χ0) is 15.5. The summed E-state index contributed by atoms with van der Waals surface area (Å²) in [6.07, 6.45) is 0. The van der Waals surface area contributed by atoms with Crippen molar-refractivity contribution in [2.75, 3.05) is 0 Å². The van der Waals surface area contributed by atoms with Crippen LogP contribution in [0.3, 0.4) is 0 Å². The van der Waals surface area contributed by atoms with Gasteiger partial charge in [-0.1, -0.05) is 37.0 Å². The van der Waals surface area contributed by atoms with Crippen LogP contribution in [-0.2, 0) is 5.41 Å². The molecule has 4 nitrogen and oxygen atoms in total. The van der Waals surface area contributed by atoms with E-state index < -0.39 is 5.41 Å². The van der Waals surface area contributed by atoms with Crippen LogP contribution in [0.5, 0.6) is 11.5 Å². The number of aromatic hydroxyl groups is 2. The first-order chi connectivity index (χ1) is 9.75. The molecule has 0 radical (unpaired) electrons. The van der Waals surface area contributed by atoms with Gasteiger partial charge >= 0.3 is 0 Å². The topological polar surface area (TPSA) is 68.0 Å². The van der Waals surface area contributed by atoms with E-state index in [-0.39, 0.29) is 26.6 Å². The fraction of sp³-hybridized carbons (Fsp3) is 0.200. The Morgan fingerprint density at radius 2 is 1.76 bits per heavy atom. The van der Waals surface area contributed by atoms with Crippen LogP contribution >= 0.6 is 23.2 Å². The van der Waals surface area contributed by atoms with Crippen LogP contribution < -0.4 is 5.06 Å². The Morgan fingerprint density at radius 3 is 2.43 bits per heavy atom. The Bertz CT molecular complexity index is 759. The Hall–Kier alpha value is -1.46. The molecule has 2 aromatic rings. The minimum atomic E-state index is -0.642. The van der Waals surface area contributed by atoms with Crippen LogP contribution in [0.25, 0.3) is 0 Å². The molecule has 110 valence electrons. The summed E-state index contributed by atoms with van der Waals surface area (Å²) in [7, 11) is 0. The van der Waals surface area contributed by atoms with E-state index in [9.17, 15) is 15.4 Å². The Balaban J connectivity index is 2.40. The Morgan fingerprint density at radius 1 is 1.10 bits per heavy atom. The zero-order valence-corrected chi connectivity index (χ0v) is 12.9. The quantitative estimate of drug-likeness (QED) is 0.513. The van der Waals surface area contributed by atoms with Crippen molar-refractivity contribution < 1.29 is 15.3 Å². The lowest BCUT2D eigenvalue weighted by Crippen LogP contribution is -2.98. The van der Waals surface area contributed by atoms with E-state index in [1.165, 1.54) is 12.1 Å². The van der Waals surface area contributed by atoms with Crippen LogP contribution in [0.2, 0.25) is 10.0 Å². The predicted molar refractivity (Wildman–Crippen MR) is 82.0 cm³/mol. The van der Waals surface area contributed by atoms with E-state index >= 15 is 0 Å². The molecule has 0 spiro atoms. The summed E-state index contributed by atoms with van der Waals surface area (Å²) in [6.45, 7) is 3.77. The molecular weight excluding hydrogens is 313 g/mol. The van der Waals surface area contributed by atoms with Crippen LogP contribution in [0, 0.1) is 5.21 Å². The highest BCUT2D eigenvalue weighted by Gasteiger charge is 2.41. The molecule has 0 amide bonds. The van der Waals surface area contributed by atoms with Gasteiger partial charge in [0, 0.05) is 28.7 Å². The number of quaternary nitrogens is 1. The first-order valence-electron chi connectivity index (χ1n) is 6.34. The summed E-state index contributed by atoms with van der Waals surface area (Å²) >= 11 is 12.2. The van der Waals surface area contributed by atoms with Gasteiger partial charge in [-0.25, -0.2) is 0 Å². The second kappa shape index (κ2) is 4.52. The maximum Gasteiger partial charge on any atom is 0.153 e. The van der Waals surface area contributed by atoms with Crippen molar-refractivity contribution in [3.8, 4) is 11.5 Å². The fourth-order valence-corrected chi connectivity index (χ4v) is 3.62. The first-order valence-corrected chi connectivity index (χ1v) is 7.10. The first kappa shape index (κ1) is 14.5. The van der Waals surface area contributed by atoms with E-state index in [1.807, 2.05) is 13.8 Å². The van der Waals surface area contributed by atoms with Gasteiger partial charge in [-0.15, -0.1) is 0 Å². The summed E-state index contributed by atoms with van der Waals surface area (Å²) in [4.78, 5) is 0. The number of benzene rings is 2. The Kier molecular flexibility index (Phi) is 3.11. The normalized spacial score (nSPS) is 19.0. The van der Waals surface area contributed by atoms with Crippen molar-refractivity contribution in [1.29, 1.82) is 0 Å². The second-order valence-electron chi connectivity index (χ2n) is 5.63. The van der Waals surface area contributed by atoms with Gasteiger partial charge in [0.25, 0.3) is 0 Å². The summed E-state index contributed by atoms with van der Waals surface area (Å²) < 4.78 is 0. The lowest BCUT2D eigenvalue weighted by Gasteiger charge is -2.39. The highest BCUT2D eigenvalue weighted by atomic mass is 35.5. The summed E-state index contributed by atoms with van der Waals surface area (Å²) in [5.41, 5.74) is 1.43. The number of phenols is 2. The summed E-state index contributed by atoms with van der Waals surface area (Å²) in [5, 5.41) is 32.2. The monoisotopic (exact) mass is 325 g/mol. The molecular formula is C15H13Cl2NO3. The van der Waals surface area contributed by atoms with Gasteiger partial charge < -0.3 is 20.5 Å². The number of rotatable bonds is 0. The largest absolute Gasteiger partial charge is 0.623 e. The molecule has 3 rings (SSSR count). The van der Waals surface area contributed by atoms with Crippen LogP contribution in [0.1, 0.15) is 25.0 Å². The number of nitrogens with one attached hydrogen (secondary N) is 1. The van der Waals surface area contributed by atoms with Crippen molar-refractivity contribution in [2.24, 2.45) is 0 Å². The molecule has 1 aliphatic heterocycles. The molecule has 1 unspecified atom stereocenters. The minimum Gasteiger partial charge on any atom is -0.623 e. The molecule has 0 saturated carbocycles. The van der Waals surface area contributed by atoms with E-state index in [0.29, 0.717) is 22.5 Å². The third kappa shape index (κ3) is 1.91. The zero-order valence-electron chi connectivity index (χ0n) is 11.4. The molecule has 1 atom stereocenters. The number of hydrogen-bond donors (Lipinski definition) is 3. The average molecular weight is 326 g/mol. The van der Waals surface area contributed by atoms with Crippen molar-refractivity contribution in [1.82, 2.24) is 0 Å². The van der Waals surface area contributed by atoms with E-state index in [4.69, 9.17) is 23.2 Å². The number of halogens is 2. The lowest BCUT2D eigenvalue weighted by molar-refractivity contribution is -0.701. The van der Waals surface area contributed by atoms with Gasteiger partial charge in [0.05, 0.1) is 10.0 Å². The summed E-state index contributed by atoms with van der Waals surface area (Å²) in [5.74, 6) is -0.158.